The van der Waals surface area contributed by atoms with Crippen LogP contribution in [0, 0.1) is 0 Å². The van der Waals surface area contributed by atoms with Gasteiger partial charge in [-0.15, -0.1) is 0 Å². The summed E-state index contributed by atoms with van der Waals surface area (Å²) in [6.07, 6.45) is 1.85. The van der Waals surface area contributed by atoms with Crippen molar-refractivity contribution in [1.82, 2.24) is 0 Å². The Morgan fingerprint density at radius 3 is 2.02 bits per heavy atom. The second kappa shape index (κ2) is 11.5. The van der Waals surface area contributed by atoms with E-state index in [0.717, 1.165) is 40.2 Å². The van der Waals surface area contributed by atoms with Gasteiger partial charge in [-0.3, -0.25) is 4.99 Å². The van der Waals surface area contributed by atoms with Crippen LogP contribution in [0.25, 0.3) is 10.8 Å². The highest BCUT2D eigenvalue weighted by atomic mass is 31.1. The van der Waals surface area contributed by atoms with E-state index in [1.165, 1.54) is 21.8 Å². The van der Waals surface area contributed by atoms with Gasteiger partial charge in [-0.2, -0.15) is 0 Å². The number of aliphatic imine (C=N–C) groups is 1. The molecule has 2 nitrogen and oxygen atoms in total. The molecule has 1 aliphatic heterocycles. The van der Waals surface area contributed by atoms with Gasteiger partial charge in [0.25, 0.3) is 0 Å². The van der Waals surface area contributed by atoms with E-state index in [1.807, 2.05) is 6.07 Å². The Kier molecular flexibility index (Phi) is 7.40. The average molecular weight is 590 g/mol. The zero-order valence-electron chi connectivity index (χ0n) is 25.2. The van der Waals surface area contributed by atoms with E-state index in [1.54, 1.807) is 0 Å². The number of hydrogen-bond donors (Lipinski definition) is 1. The molecule has 1 fully saturated rings. The molecule has 1 N–H and O–H groups in total. The molecule has 1 saturated heterocycles. The van der Waals surface area contributed by atoms with Crippen molar-refractivity contribution in [2.75, 3.05) is 6.16 Å². The topological polar surface area (TPSA) is 32.6 Å². The summed E-state index contributed by atoms with van der Waals surface area (Å²) in [5.41, 5.74) is 5.34. The molecule has 3 heteroatoms. The van der Waals surface area contributed by atoms with Gasteiger partial charge in [-0.05, 0) is 48.4 Å². The first kappa shape index (κ1) is 28.3. The van der Waals surface area contributed by atoms with Crippen LogP contribution in [-0.2, 0) is 10.8 Å². The summed E-state index contributed by atoms with van der Waals surface area (Å²) in [6, 6.07) is 53.3. The van der Waals surface area contributed by atoms with Gasteiger partial charge < -0.3 is 5.11 Å². The van der Waals surface area contributed by atoms with Crippen molar-refractivity contribution < 1.29 is 5.11 Å². The third-order valence-corrected chi connectivity index (χ3v) is 11.9. The monoisotopic (exact) mass is 589 g/mol. The van der Waals surface area contributed by atoms with Gasteiger partial charge in [0.2, 0.25) is 0 Å². The largest absolute Gasteiger partial charge is 0.507 e. The number of hydrogen-bond acceptors (Lipinski definition) is 2. The lowest BCUT2D eigenvalue weighted by Gasteiger charge is -2.35. The van der Waals surface area contributed by atoms with E-state index in [9.17, 15) is 5.11 Å². The Morgan fingerprint density at radius 2 is 1.27 bits per heavy atom. The van der Waals surface area contributed by atoms with Crippen LogP contribution in [0.2, 0.25) is 0 Å². The number of para-hydroxylation sites is 1. The molecule has 0 spiro atoms. The highest BCUT2D eigenvalue weighted by Gasteiger charge is 2.50. The van der Waals surface area contributed by atoms with Crippen molar-refractivity contribution in [3.63, 3.8) is 0 Å². The number of nitrogens with zero attached hydrogens (tertiary/aromatic N) is 1. The number of phenols is 1. The Morgan fingerprint density at radius 1 is 0.659 bits per heavy atom. The molecule has 0 bridgehead atoms. The van der Waals surface area contributed by atoms with E-state index in [0.29, 0.717) is 5.75 Å². The van der Waals surface area contributed by atoms with Crippen molar-refractivity contribution in [3.8, 4) is 5.75 Å². The Bertz CT molecular complexity index is 1940. The average Bonchev–Trinajstić information content (AvgIpc) is 3.45. The number of fused-ring (bicyclic) bond motifs is 1. The molecule has 0 aliphatic carbocycles. The van der Waals surface area contributed by atoms with E-state index in [2.05, 4.69) is 159 Å². The van der Waals surface area contributed by atoms with Gasteiger partial charge in [0.15, 0.2) is 0 Å². The maximum absolute atomic E-state index is 12.4. The smallest absolute Gasteiger partial charge is 0.124 e. The van der Waals surface area contributed by atoms with Crippen molar-refractivity contribution in [2.24, 2.45) is 4.99 Å². The predicted molar refractivity (Wildman–Crippen MR) is 187 cm³/mol. The van der Waals surface area contributed by atoms with E-state index >= 15 is 0 Å². The first-order valence-corrected chi connectivity index (χ1v) is 16.9. The molecule has 0 aromatic heterocycles. The maximum Gasteiger partial charge on any atom is 0.124 e. The molecule has 6 aromatic carbocycles. The second-order valence-electron chi connectivity index (χ2n) is 12.1. The molecule has 1 heterocycles. The summed E-state index contributed by atoms with van der Waals surface area (Å²) in [5, 5.41) is 16.1. The summed E-state index contributed by atoms with van der Waals surface area (Å²) >= 11 is 0. The minimum Gasteiger partial charge on any atom is -0.507 e. The highest BCUT2D eigenvalue weighted by Crippen LogP contribution is 2.60. The minimum absolute atomic E-state index is 0.362. The van der Waals surface area contributed by atoms with Crippen molar-refractivity contribution in [3.05, 3.63) is 174 Å². The number of rotatable bonds is 6. The fraction of sp³-hybridized carbons (Fsp3) is 0.146. The second-order valence-corrected chi connectivity index (χ2v) is 14.4. The van der Waals surface area contributed by atoms with Crippen LogP contribution >= 0.6 is 7.92 Å². The minimum atomic E-state index is -0.773. The fourth-order valence-electron chi connectivity index (χ4n) is 6.97. The summed E-state index contributed by atoms with van der Waals surface area (Å²) in [6.45, 7) is 4.40. The predicted octanol–water partition coefficient (Wildman–Crippen LogP) is 10.1. The molecule has 0 saturated carbocycles. The summed E-state index contributed by atoms with van der Waals surface area (Å²) in [7, 11) is -0.773. The van der Waals surface area contributed by atoms with Crippen LogP contribution in [0.3, 0.4) is 0 Å². The summed E-state index contributed by atoms with van der Waals surface area (Å²) < 4.78 is 0. The van der Waals surface area contributed by atoms with Crippen LogP contribution in [0.15, 0.2) is 157 Å². The third-order valence-electron chi connectivity index (χ3n) is 9.34. The summed E-state index contributed by atoms with van der Waals surface area (Å²) in [5.74, 6) is 0.362. The number of benzene rings is 6. The number of aromatic hydroxyl groups is 1. The van der Waals surface area contributed by atoms with Gasteiger partial charge >= 0.3 is 0 Å². The van der Waals surface area contributed by atoms with Gasteiger partial charge in [0, 0.05) is 21.9 Å². The molecule has 2 atom stereocenters. The lowest BCUT2D eigenvalue weighted by atomic mass is 9.70. The summed E-state index contributed by atoms with van der Waals surface area (Å²) in [4.78, 5) is 5.68. The highest BCUT2D eigenvalue weighted by molar-refractivity contribution is 7.82. The van der Waals surface area contributed by atoms with Crippen molar-refractivity contribution >= 4 is 35.1 Å². The molecular formula is C41H36NOP. The zero-order valence-corrected chi connectivity index (χ0v) is 26.1. The van der Waals surface area contributed by atoms with Crippen LogP contribution in [0.5, 0.6) is 5.75 Å². The van der Waals surface area contributed by atoms with E-state index in [-0.39, 0.29) is 0 Å². The lowest BCUT2D eigenvalue weighted by molar-refractivity contribution is 0.438. The fourth-order valence-corrected chi connectivity index (χ4v) is 9.83. The Hall–Kier alpha value is -4.52. The molecule has 6 aromatic rings. The van der Waals surface area contributed by atoms with Crippen molar-refractivity contribution in [2.45, 2.75) is 31.1 Å². The zero-order chi connectivity index (χ0) is 30.1. The Balaban J connectivity index is 1.53. The molecular weight excluding hydrogens is 553 g/mol. The van der Waals surface area contributed by atoms with Gasteiger partial charge in [-0.25, -0.2) is 0 Å². The molecule has 216 valence electrons. The molecule has 0 amide bonds. The van der Waals surface area contributed by atoms with Gasteiger partial charge in [0.1, 0.15) is 5.75 Å². The third kappa shape index (κ3) is 4.75. The Labute approximate surface area is 261 Å². The van der Waals surface area contributed by atoms with Crippen LogP contribution < -0.4 is 5.30 Å². The normalized spacial score (nSPS) is 19.4. The SMILES string of the molecule is CC(C)(c1ccccc1)c1cccc(C2(c3ccccc3)CCP(c3ccccc3)C2=Nc2cccc3ccccc23)c1O. The van der Waals surface area contributed by atoms with Crippen LogP contribution in [-0.4, -0.2) is 16.7 Å². The van der Waals surface area contributed by atoms with Crippen molar-refractivity contribution in [1.29, 1.82) is 0 Å². The maximum atomic E-state index is 12.4. The molecule has 2 unspecified atom stereocenters. The molecule has 44 heavy (non-hydrogen) atoms. The quantitative estimate of drug-likeness (QED) is 0.193. The number of phenolic OH excluding ortho intramolecular Hbond substituents is 1. The first-order valence-electron chi connectivity index (χ1n) is 15.3. The first-order chi connectivity index (χ1) is 21.5. The van der Waals surface area contributed by atoms with Gasteiger partial charge in [0.05, 0.1) is 16.6 Å². The van der Waals surface area contributed by atoms with Gasteiger partial charge in [-0.1, -0.05) is 159 Å². The molecule has 0 radical (unpaired) electrons. The molecule has 7 rings (SSSR count). The lowest BCUT2D eigenvalue weighted by Crippen LogP contribution is -2.33. The van der Waals surface area contributed by atoms with E-state index in [4.69, 9.17) is 4.99 Å². The molecule has 1 aliphatic rings. The van der Waals surface area contributed by atoms with Crippen LogP contribution in [0.4, 0.5) is 5.69 Å². The van der Waals surface area contributed by atoms with E-state index < -0.39 is 18.8 Å². The standard InChI is InChI=1S/C41H36NOP/c1-40(2,31-18-6-3-7-19-31)35-25-15-26-36(38(35)43)41(32-20-8-4-9-21-32)28-29-44(33-22-10-5-11-23-33)39(41)42-37-27-14-17-30-16-12-13-24-34(30)37/h3-27,43H,28-29H2,1-2H3. The van der Waals surface area contributed by atoms with Crippen LogP contribution in [0.1, 0.15) is 42.5 Å².